The molecule has 3 aliphatic heterocycles. The van der Waals surface area contributed by atoms with Gasteiger partial charge in [-0.2, -0.15) is 0 Å². The predicted octanol–water partition coefficient (Wildman–Crippen LogP) is 3.21. The second kappa shape index (κ2) is 5.94. The highest BCUT2D eigenvalue weighted by Gasteiger charge is 2.64. The topological polar surface area (TPSA) is 41.6 Å². The van der Waals surface area contributed by atoms with Gasteiger partial charge in [-0.1, -0.05) is 6.92 Å². The van der Waals surface area contributed by atoms with Gasteiger partial charge in [0.25, 0.3) is 0 Å². The fourth-order valence-corrected chi connectivity index (χ4v) is 8.32. The number of carbonyl (C=O) groups is 1. The van der Waals surface area contributed by atoms with E-state index in [1.165, 1.54) is 45.2 Å². The Kier molecular flexibility index (Phi) is 4.00. The summed E-state index contributed by atoms with van der Waals surface area (Å²) >= 11 is 0. The Morgan fingerprint density at radius 3 is 2.62 bits per heavy atom. The second-order valence-corrected chi connectivity index (χ2v) is 11.0. The van der Waals surface area contributed by atoms with Gasteiger partial charge in [0.15, 0.2) is 0 Å². The number of carbonyl (C=O) groups excluding carboxylic acids is 1. The number of ether oxygens (including phenoxy) is 1. The molecule has 4 nitrogen and oxygen atoms in total. The molecule has 4 heteroatoms. The zero-order chi connectivity index (χ0) is 18.0. The van der Waals surface area contributed by atoms with Crippen molar-refractivity contribution in [3.8, 4) is 0 Å². The van der Waals surface area contributed by atoms with Gasteiger partial charge in [-0.15, -0.1) is 0 Å². The highest BCUT2D eigenvalue weighted by atomic mass is 16.5. The molecule has 0 radical (unpaired) electrons. The lowest BCUT2D eigenvalue weighted by molar-refractivity contribution is -0.185. The largest absolute Gasteiger partial charge is 0.381 e. The minimum absolute atomic E-state index is 0.114. The first-order chi connectivity index (χ1) is 12.4. The number of fused-ring (bicyclic) bond motifs is 3. The summed E-state index contributed by atoms with van der Waals surface area (Å²) in [5, 5.41) is 3.58. The van der Waals surface area contributed by atoms with E-state index in [0.29, 0.717) is 23.3 Å². The number of piperidine rings is 3. The average Bonchev–Trinajstić information content (AvgIpc) is 2.59. The van der Waals surface area contributed by atoms with E-state index in [-0.39, 0.29) is 10.8 Å². The maximum atomic E-state index is 13.6. The van der Waals surface area contributed by atoms with E-state index in [4.69, 9.17) is 4.74 Å². The van der Waals surface area contributed by atoms with Crippen molar-refractivity contribution in [2.75, 3.05) is 32.8 Å². The Morgan fingerprint density at radius 1 is 1.15 bits per heavy atom. The van der Waals surface area contributed by atoms with Gasteiger partial charge in [-0.3, -0.25) is 4.79 Å². The molecule has 3 heterocycles. The molecule has 7 rings (SSSR count). The summed E-state index contributed by atoms with van der Waals surface area (Å²) in [6.07, 6.45) is 9.73. The van der Waals surface area contributed by atoms with Gasteiger partial charge < -0.3 is 15.0 Å². The maximum Gasteiger partial charge on any atom is 0.226 e. The van der Waals surface area contributed by atoms with Crippen LogP contribution in [0.4, 0.5) is 0 Å². The molecule has 7 aliphatic rings. The summed E-state index contributed by atoms with van der Waals surface area (Å²) in [4.78, 5) is 16.2. The summed E-state index contributed by atoms with van der Waals surface area (Å²) in [7, 11) is 0. The smallest absolute Gasteiger partial charge is 0.226 e. The van der Waals surface area contributed by atoms with Crippen LogP contribution in [0.15, 0.2) is 0 Å². The molecular formula is C22H36N2O2. The first kappa shape index (κ1) is 17.5. The molecule has 0 aromatic rings. The van der Waals surface area contributed by atoms with Crippen LogP contribution >= 0.6 is 0 Å². The zero-order valence-corrected chi connectivity index (χ0v) is 16.7. The number of amides is 1. The first-order valence-corrected chi connectivity index (χ1v) is 11.0. The normalized spacial score (nSPS) is 51.6. The van der Waals surface area contributed by atoms with Crippen molar-refractivity contribution in [1.29, 1.82) is 0 Å². The SMILES string of the molecule is CCOC[C@]12CC3CC(C(=O)N[C@H]4CN5CCC4CC5)(C[C@](C)(C3)C1)C2. The van der Waals surface area contributed by atoms with E-state index >= 15 is 0 Å². The molecule has 5 atom stereocenters. The number of rotatable bonds is 5. The number of hydrogen-bond donors (Lipinski definition) is 1. The molecule has 26 heavy (non-hydrogen) atoms. The second-order valence-electron chi connectivity index (χ2n) is 11.0. The van der Waals surface area contributed by atoms with Crippen LogP contribution < -0.4 is 5.32 Å². The van der Waals surface area contributed by atoms with E-state index in [1.807, 2.05) is 0 Å². The monoisotopic (exact) mass is 360 g/mol. The predicted molar refractivity (Wildman–Crippen MR) is 102 cm³/mol. The van der Waals surface area contributed by atoms with Crippen molar-refractivity contribution >= 4 is 5.91 Å². The van der Waals surface area contributed by atoms with E-state index in [0.717, 1.165) is 44.9 Å². The van der Waals surface area contributed by atoms with E-state index in [9.17, 15) is 4.79 Å². The van der Waals surface area contributed by atoms with E-state index in [2.05, 4.69) is 24.1 Å². The molecule has 3 saturated heterocycles. The van der Waals surface area contributed by atoms with Gasteiger partial charge >= 0.3 is 0 Å². The van der Waals surface area contributed by atoms with Crippen LogP contribution in [-0.2, 0) is 9.53 Å². The van der Waals surface area contributed by atoms with Crippen molar-refractivity contribution in [2.45, 2.75) is 71.3 Å². The van der Waals surface area contributed by atoms with Crippen LogP contribution in [0, 0.1) is 28.1 Å². The average molecular weight is 361 g/mol. The van der Waals surface area contributed by atoms with Crippen molar-refractivity contribution in [3.05, 3.63) is 0 Å². The zero-order valence-electron chi connectivity index (χ0n) is 16.7. The van der Waals surface area contributed by atoms with Gasteiger partial charge in [0.2, 0.25) is 5.91 Å². The molecule has 4 saturated carbocycles. The van der Waals surface area contributed by atoms with Crippen LogP contribution in [0.2, 0.25) is 0 Å². The summed E-state index contributed by atoms with van der Waals surface area (Å²) in [5.74, 6) is 1.84. The molecule has 0 aromatic heterocycles. The molecule has 4 aliphatic carbocycles. The Labute approximate surface area is 158 Å². The molecule has 0 spiro atoms. The molecule has 146 valence electrons. The fraction of sp³-hybridized carbons (Fsp3) is 0.955. The molecule has 0 aromatic carbocycles. The Bertz CT molecular complexity index is 587. The Morgan fingerprint density at radius 2 is 1.96 bits per heavy atom. The lowest BCUT2D eigenvalue weighted by Gasteiger charge is -2.65. The summed E-state index contributed by atoms with van der Waals surface area (Å²) < 4.78 is 5.94. The molecule has 2 unspecified atom stereocenters. The third-order valence-electron chi connectivity index (χ3n) is 8.53. The molecule has 6 bridgehead atoms. The van der Waals surface area contributed by atoms with Crippen LogP contribution in [-0.4, -0.2) is 49.7 Å². The summed E-state index contributed by atoms with van der Waals surface area (Å²) in [6.45, 7) is 9.76. The van der Waals surface area contributed by atoms with Crippen molar-refractivity contribution in [2.24, 2.45) is 28.1 Å². The number of nitrogens with one attached hydrogen (secondary N) is 1. The lowest BCUT2D eigenvalue weighted by Crippen LogP contribution is -2.64. The van der Waals surface area contributed by atoms with E-state index in [1.54, 1.807) is 0 Å². The number of hydrogen-bond acceptors (Lipinski definition) is 3. The van der Waals surface area contributed by atoms with Crippen LogP contribution in [0.25, 0.3) is 0 Å². The standard InChI is InChI=1S/C22H36N2O2/c1-3-26-15-21-9-16-8-20(2,12-21)13-22(10-16,14-21)19(25)23-18-11-24-6-4-17(18)5-7-24/h16-18H,3-15H2,1-2H3,(H,23,25)/t16?,18-,20+,21+,22?/m0/s1. The van der Waals surface area contributed by atoms with Gasteiger partial charge in [0, 0.05) is 19.2 Å². The van der Waals surface area contributed by atoms with Crippen molar-refractivity contribution in [3.63, 3.8) is 0 Å². The third kappa shape index (κ3) is 2.74. The molecule has 7 fully saturated rings. The Hall–Kier alpha value is -0.610. The summed E-state index contributed by atoms with van der Waals surface area (Å²) in [5.41, 5.74) is 0.497. The molecule has 1 amide bonds. The molecular weight excluding hydrogens is 324 g/mol. The highest BCUT2D eigenvalue weighted by molar-refractivity contribution is 5.83. The minimum Gasteiger partial charge on any atom is -0.381 e. The molecule has 1 N–H and O–H groups in total. The fourth-order valence-electron chi connectivity index (χ4n) is 8.32. The van der Waals surface area contributed by atoms with Gasteiger partial charge in [0.05, 0.1) is 12.0 Å². The lowest BCUT2D eigenvalue weighted by atomic mass is 9.40. The van der Waals surface area contributed by atoms with E-state index < -0.39 is 0 Å². The number of nitrogens with zero attached hydrogens (tertiary/aromatic N) is 1. The third-order valence-corrected chi connectivity index (χ3v) is 8.53. The Balaban J connectivity index is 1.36. The quantitative estimate of drug-likeness (QED) is 0.818. The highest BCUT2D eigenvalue weighted by Crippen LogP contribution is 2.69. The van der Waals surface area contributed by atoms with Crippen molar-refractivity contribution in [1.82, 2.24) is 10.2 Å². The van der Waals surface area contributed by atoms with Gasteiger partial charge in [0.1, 0.15) is 0 Å². The van der Waals surface area contributed by atoms with Crippen LogP contribution in [0.5, 0.6) is 0 Å². The summed E-state index contributed by atoms with van der Waals surface area (Å²) in [6, 6.07) is 0.397. The minimum atomic E-state index is -0.114. The van der Waals surface area contributed by atoms with Gasteiger partial charge in [-0.05, 0) is 94.0 Å². The maximum absolute atomic E-state index is 13.6. The van der Waals surface area contributed by atoms with Crippen molar-refractivity contribution < 1.29 is 9.53 Å². The van der Waals surface area contributed by atoms with Crippen LogP contribution in [0.1, 0.15) is 65.2 Å². The first-order valence-electron chi connectivity index (χ1n) is 11.0. The van der Waals surface area contributed by atoms with Gasteiger partial charge in [-0.25, -0.2) is 0 Å². The van der Waals surface area contributed by atoms with Crippen LogP contribution in [0.3, 0.4) is 0 Å².